The Labute approximate surface area is 310 Å². The number of benzene rings is 5. The summed E-state index contributed by atoms with van der Waals surface area (Å²) >= 11 is 0. The maximum Gasteiger partial charge on any atom is 0.143 e. The fourth-order valence-electron chi connectivity index (χ4n) is 6.50. The Balaban J connectivity index is 0.00000432. The molecule has 4 nitrogen and oxygen atoms in total. The van der Waals surface area contributed by atoms with Gasteiger partial charge >= 0.3 is 0 Å². The number of fused-ring (bicyclic) bond motifs is 1. The van der Waals surface area contributed by atoms with Gasteiger partial charge in [0.05, 0.1) is 16.6 Å². The van der Waals surface area contributed by atoms with Gasteiger partial charge in [0.25, 0.3) is 0 Å². The molecule has 0 bridgehead atoms. The van der Waals surface area contributed by atoms with Crippen LogP contribution in [0.3, 0.4) is 0 Å². The van der Waals surface area contributed by atoms with Crippen molar-refractivity contribution in [2.45, 2.75) is 52.4 Å². The van der Waals surface area contributed by atoms with Gasteiger partial charge in [0.15, 0.2) is 0 Å². The number of pyridine rings is 1. The summed E-state index contributed by atoms with van der Waals surface area (Å²) in [4.78, 5) is 9.96. The number of rotatable bonds is 5. The third-order valence-electron chi connectivity index (χ3n) is 9.38. The molecular weight excluding hydrogens is 794 g/mol. The second kappa shape index (κ2) is 13.5. The molecule has 0 atom stereocenters. The molecule has 0 radical (unpaired) electrons. The minimum absolute atomic E-state index is 0. The van der Waals surface area contributed by atoms with E-state index in [4.69, 9.17) is 9.97 Å². The molecule has 2 heterocycles. The van der Waals surface area contributed by atoms with Crippen LogP contribution >= 0.6 is 0 Å². The molecule has 0 amide bonds. The van der Waals surface area contributed by atoms with Crippen molar-refractivity contribution in [2.24, 2.45) is 7.05 Å². The summed E-state index contributed by atoms with van der Waals surface area (Å²) in [5, 5.41) is 11.7. The molecule has 0 fully saturated rings. The van der Waals surface area contributed by atoms with Gasteiger partial charge in [-0.3, -0.25) is 4.98 Å². The zero-order chi connectivity index (χ0) is 34.5. The Morgan fingerprint density at radius 3 is 1.94 bits per heavy atom. The molecule has 0 unspecified atom stereocenters. The van der Waals surface area contributed by atoms with E-state index in [0.29, 0.717) is 0 Å². The number of aromatic hydroxyl groups is 1. The summed E-state index contributed by atoms with van der Waals surface area (Å²) in [6.07, 6.45) is 1.87. The second-order valence-corrected chi connectivity index (χ2v) is 14.9. The van der Waals surface area contributed by atoms with Crippen molar-refractivity contribution < 1.29 is 26.2 Å². The van der Waals surface area contributed by atoms with E-state index in [0.717, 1.165) is 61.5 Å². The number of nitrogens with zero attached hydrogens (tertiary/aromatic N) is 3. The fraction of sp³-hybridized carbons (Fsp3) is 0.200. The largest absolute Gasteiger partial charge is 0.507 e. The SMILES string of the molecule is Cn1c(-c2cc(C(C)(C)C)cc(C(C)(C)C)c2O)nc2c(-c3[c-]c(-c4cc(-c5ccc(-c6ccccc6)cc5)ccn4)ccc3)cccc21.[Pt]. The van der Waals surface area contributed by atoms with E-state index in [1.807, 2.05) is 19.3 Å². The standard InChI is InChI=1S/C45H42N3O.Pt/c1-44(2,3)35-27-37(42(49)38(28-35)45(4,5)6)43-47-41-36(17-12-18-40(41)48(43)7)33-15-11-16-34(25-33)39-26-32(23-24-46-39)31-21-19-30(20-22-31)29-13-9-8-10-14-29;/h8-24,26-28,49H,1-7H3;/q-1;. The van der Waals surface area contributed by atoms with E-state index in [1.54, 1.807) is 0 Å². The van der Waals surface area contributed by atoms with Crippen molar-refractivity contribution >= 4 is 11.0 Å². The van der Waals surface area contributed by atoms with Gasteiger partial charge in [0.1, 0.15) is 11.6 Å². The first-order valence-electron chi connectivity index (χ1n) is 16.9. The Bertz CT molecular complexity index is 2310. The van der Waals surface area contributed by atoms with E-state index < -0.39 is 0 Å². The van der Waals surface area contributed by atoms with E-state index in [-0.39, 0.29) is 37.6 Å². The third kappa shape index (κ3) is 6.70. The van der Waals surface area contributed by atoms with Gasteiger partial charge in [-0.25, -0.2) is 4.98 Å². The number of para-hydroxylation sites is 1. The van der Waals surface area contributed by atoms with E-state index in [1.165, 1.54) is 16.7 Å². The normalized spacial score (nSPS) is 11.8. The Morgan fingerprint density at radius 1 is 0.620 bits per heavy atom. The van der Waals surface area contributed by atoms with E-state index in [2.05, 4.69) is 161 Å². The van der Waals surface area contributed by atoms with Crippen LogP contribution in [0, 0.1) is 6.07 Å². The van der Waals surface area contributed by atoms with Gasteiger partial charge < -0.3 is 9.67 Å². The molecule has 50 heavy (non-hydrogen) atoms. The number of phenols is 1. The molecule has 7 rings (SSSR count). The maximum absolute atomic E-state index is 11.7. The maximum atomic E-state index is 11.7. The van der Waals surface area contributed by atoms with Gasteiger partial charge in [-0.15, -0.1) is 29.8 Å². The molecule has 0 aliphatic heterocycles. The van der Waals surface area contributed by atoms with Crippen molar-refractivity contribution in [1.29, 1.82) is 0 Å². The minimum atomic E-state index is -0.234. The van der Waals surface area contributed by atoms with Crippen molar-refractivity contribution in [3.63, 3.8) is 0 Å². The number of hydrogen-bond acceptors (Lipinski definition) is 3. The summed E-state index contributed by atoms with van der Waals surface area (Å²) in [5.74, 6) is 1.02. The van der Waals surface area contributed by atoms with Crippen LogP contribution in [-0.4, -0.2) is 19.6 Å². The Morgan fingerprint density at radius 2 is 1.26 bits per heavy atom. The molecule has 5 aromatic carbocycles. The average Bonchev–Trinajstić information content (AvgIpc) is 3.44. The summed E-state index contributed by atoms with van der Waals surface area (Å²) in [6, 6.07) is 43.6. The Kier molecular flexibility index (Phi) is 9.46. The number of aromatic nitrogens is 3. The van der Waals surface area contributed by atoms with Crippen molar-refractivity contribution in [3.8, 4) is 61.8 Å². The van der Waals surface area contributed by atoms with Crippen LogP contribution in [0.2, 0.25) is 0 Å². The number of aryl methyl sites for hydroxylation is 1. The van der Waals surface area contributed by atoms with Crippen LogP contribution in [-0.2, 0) is 38.9 Å². The minimum Gasteiger partial charge on any atom is -0.507 e. The molecule has 0 aliphatic carbocycles. The average molecular weight is 836 g/mol. The molecule has 0 saturated carbocycles. The van der Waals surface area contributed by atoms with E-state index >= 15 is 0 Å². The number of phenolic OH excluding ortho intramolecular Hbond substituents is 1. The number of imidazole rings is 1. The molecule has 0 spiro atoms. The van der Waals surface area contributed by atoms with E-state index in [9.17, 15) is 5.11 Å². The van der Waals surface area contributed by atoms with Crippen LogP contribution in [0.1, 0.15) is 52.7 Å². The van der Waals surface area contributed by atoms with Crippen LogP contribution in [0.25, 0.3) is 67.1 Å². The van der Waals surface area contributed by atoms with Crippen LogP contribution in [0.5, 0.6) is 5.75 Å². The van der Waals surface area contributed by atoms with Gasteiger partial charge in [-0.1, -0.05) is 132 Å². The zero-order valence-electron chi connectivity index (χ0n) is 29.7. The van der Waals surface area contributed by atoms with Crippen LogP contribution < -0.4 is 0 Å². The van der Waals surface area contributed by atoms with Crippen molar-refractivity contribution in [1.82, 2.24) is 14.5 Å². The third-order valence-corrected chi connectivity index (χ3v) is 9.38. The summed E-state index contributed by atoms with van der Waals surface area (Å²) in [5.41, 5.74) is 12.7. The fourth-order valence-corrected chi connectivity index (χ4v) is 6.50. The van der Waals surface area contributed by atoms with Gasteiger partial charge in [0.2, 0.25) is 0 Å². The van der Waals surface area contributed by atoms with Gasteiger partial charge in [-0.05, 0) is 56.8 Å². The predicted octanol–water partition coefficient (Wildman–Crippen LogP) is 11.4. The first kappa shape index (κ1) is 35.0. The van der Waals surface area contributed by atoms with Crippen molar-refractivity contribution in [2.75, 3.05) is 0 Å². The summed E-state index contributed by atoms with van der Waals surface area (Å²) < 4.78 is 2.09. The smallest absolute Gasteiger partial charge is 0.143 e. The Hall–Kier alpha value is -4.79. The van der Waals surface area contributed by atoms with Crippen LogP contribution in [0.4, 0.5) is 0 Å². The molecule has 7 aromatic rings. The molecular formula is C45H42N3OPt-. The first-order valence-corrected chi connectivity index (χ1v) is 16.9. The molecule has 254 valence electrons. The van der Waals surface area contributed by atoms with Crippen LogP contribution in [0.15, 0.2) is 121 Å². The molecule has 1 N–H and O–H groups in total. The number of hydrogen-bond donors (Lipinski definition) is 1. The molecule has 0 aliphatic rings. The monoisotopic (exact) mass is 835 g/mol. The second-order valence-electron chi connectivity index (χ2n) is 14.9. The first-order chi connectivity index (χ1) is 23.4. The van der Waals surface area contributed by atoms with Crippen molar-refractivity contribution in [3.05, 3.63) is 139 Å². The quantitative estimate of drug-likeness (QED) is 0.176. The summed E-state index contributed by atoms with van der Waals surface area (Å²) in [6.45, 7) is 13.0. The molecule has 5 heteroatoms. The predicted molar refractivity (Wildman–Crippen MR) is 204 cm³/mol. The zero-order valence-corrected chi connectivity index (χ0v) is 31.9. The molecule has 0 saturated heterocycles. The van der Waals surface area contributed by atoms with Gasteiger partial charge in [0, 0.05) is 45.6 Å². The topological polar surface area (TPSA) is 50.9 Å². The molecule has 2 aromatic heterocycles. The van der Waals surface area contributed by atoms with Gasteiger partial charge in [-0.2, -0.15) is 0 Å². The summed E-state index contributed by atoms with van der Waals surface area (Å²) in [7, 11) is 2.02.